The lowest BCUT2D eigenvalue weighted by Gasteiger charge is -2.20. The molecule has 1 unspecified atom stereocenters. The molecule has 120 valence electrons. The zero-order valence-corrected chi connectivity index (χ0v) is 12.5. The molecule has 2 amide bonds. The van der Waals surface area contributed by atoms with Crippen molar-refractivity contribution in [3.63, 3.8) is 0 Å². The molecule has 7 heteroatoms. The summed E-state index contributed by atoms with van der Waals surface area (Å²) in [6, 6.07) is 6.97. The fraction of sp³-hybridized carbons (Fsp3) is 0.312. The molecule has 4 N–H and O–H groups in total. The normalized spacial score (nSPS) is 17.4. The summed E-state index contributed by atoms with van der Waals surface area (Å²) in [4.78, 5) is 28.5. The summed E-state index contributed by atoms with van der Waals surface area (Å²) in [6.45, 7) is 0.761. The van der Waals surface area contributed by atoms with E-state index in [9.17, 15) is 9.59 Å². The fourth-order valence-electron chi connectivity index (χ4n) is 2.94. The van der Waals surface area contributed by atoms with Crippen molar-refractivity contribution >= 4 is 28.6 Å². The number of nitrogen functional groups attached to an aromatic ring is 1. The molecule has 1 aromatic carbocycles. The number of carbonyl (C=O) groups excluding carboxylic acids is 1. The quantitative estimate of drug-likeness (QED) is 0.797. The largest absolute Gasteiger partial charge is 0.465 e. The van der Waals surface area contributed by atoms with Gasteiger partial charge in [0.25, 0.3) is 0 Å². The summed E-state index contributed by atoms with van der Waals surface area (Å²) < 4.78 is 0. The zero-order chi connectivity index (χ0) is 16.4. The third kappa shape index (κ3) is 3.03. The van der Waals surface area contributed by atoms with Gasteiger partial charge in [-0.3, -0.25) is 9.69 Å². The Labute approximate surface area is 133 Å². The van der Waals surface area contributed by atoms with E-state index in [4.69, 9.17) is 10.8 Å². The summed E-state index contributed by atoms with van der Waals surface area (Å²) in [5.41, 5.74) is 6.74. The monoisotopic (exact) mass is 314 g/mol. The number of anilines is 1. The molecule has 1 saturated heterocycles. The van der Waals surface area contributed by atoms with Crippen LogP contribution in [0.15, 0.2) is 30.5 Å². The van der Waals surface area contributed by atoms with E-state index in [-0.39, 0.29) is 5.91 Å². The first kappa shape index (κ1) is 15.1. The molecular formula is C16H18N4O3. The second-order valence-corrected chi connectivity index (χ2v) is 5.60. The molecule has 1 aromatic heterocycles. The Morgan fingerprint density at radius 3 is 3.00 bits per heavy atom. The van der Waals surface area contributed by atoms with Gasteiger partial charge >= 0.3 is 6.09 Å². The second-order valence-electron chi connectivity index (χ2n) is 5.60. The maximum atomic E-state index is 12.2. The summed E-state index contributed by atoms with van der Waals surface area (Å²) in [5, 5.41) is 13.7. The van der Waals surface area contributed by atoms with Crippen molar-refractivity contribution in [3.8, 4) is 0 Å². The summed E-state index contributed by atoms with van der Waals surface area (Å²) >= 11 is 0. The minimum atomic E-state index is -1.05. The van der Waals surface area contributed by atoms with Gasteiger partial charge in [0.2, 0.25) is 5.91 Å². The molecule has 1 atom stereocenters. The number of pyridine rings is 1. The number of carboxylic acid groups (broad SMARTS) is 1. The fourth-order valence-corrected chi connectivity index (χ4v) is 2.94. The molecule has 0 radical (unpaired) electrons. The minimum absolute atomic E-state index is 0.251. The Kier molecular flexibility index (Phi) is 4.01. The highest BCUT2D eigenvalue weighted by molar-refractivity contribution is 5.91. The van der Waals surface area contributed by atoms with E-state index in [1.54, 1.807) is 6.20 Å². The highest BCUT2D eigenvalue weighted by Gasteiger charge is 2.33. The Hall–Kier alpha value is -2.83. The van der Waals surface area contributed by atoms with Gasteiger partial charge in [0.1, 0.15) is 11.9 Å². The van der Waals surface area contributed by atoms with Crippen LogP contribution in [0.25, 0.3) is 10.8 Å². The van der Waals surface area contributed by atoms with Gasteiger partial charge in [-0.1, -0.05) is 12.1 Å². The maximum Gasteiger partial charge on any atom is 0.407 e. The van der Waals surface area contributed by atoms with E-state index in [0.717, 1.165) is 16.3 Å². The molecule has 0 spiro atoms. The SMILES string of the molecule is Nc1nccc2cc(CNC(=O)C3CCCN3C(=O)O)ccc12. The first-order valence-corrected chi connectivity index (χ1v) is 7.46. The molecule has 23 heavy (non-hydrogen) atoms. The number of nitrogens with two attached hydrogens (primary N) is 1. The molecule has 7 nitrogen and oxygen atoms in total. The zero-order valence-electron chi connectivity index (χ0n) is 12.5. The molecule has 1 aliphatic rings. The lowest BCUT2D eigenvalue weighted by Crippen LogP contribution is -2.45. The van der Waals surface area contributed by atoms with Crippen LogP contribution in [-0.4, -0.2) is 39.6 Å². The van der Waals surface area contributed by atoms with Crippen molar-refractivity contribution in [2.24, 2.45) is 0 Å². The number of benzene rings is 1. The molecule has 1 fully saturated rings. The lowest BCUT2D eigenvalue weighted by atomic mass is 10.1. The van der Waals surface area contributed by atoms with Gasteiger partial charge in [0.15, 0.2) is 0 Å². The Bertz CT molecular complexity index is 762. The number of likely N-dealkylation sites (tertiary alicyclic amines) is 1. The van der Waals surface area contributed by atoms with E-state index in [2.05, 4.69) is 10.3 Å². The number of aromatic nitrogens is 1. The maximum absolute atomic E-state index is 12.2. The minimum Gasteiger partial charge on any atom is -0.465 e. The third-order valence-corrected chi connectivity index (χ3v) is 4.13. The van der Waals surface area contributed by atoms with Crippen LogP contribution >= 0.6 is 0 Å². The average molecular weight is 314 g/mol. The van der Waals surface area contributed by atoms with Crippen LogP contribution in [0.5, 0.6) is 0 Å². The van der Waals surface area contributed by atoms with Crippen LogP contribution in [0, 0.1) is 0 Å². The molecule has 2 aromatic rings. The number of amides is 2. The van der Waals surface area contributed by atoms with Gasteiger partial charge in [-0.15, -0.1) is 0 Å². The van der Waals surface area contributed by atoms with E-state index < -0.39 is 12.1 Å². The van der Waals surface area contributed by atoms with Crippen molar-refractivity contribution in [2.45, 2.75) is 25.4 Å². The number of rotatable bonds is 3. The molecule has 2 heterocycles. The predicted octanol–water partition coefficient (Wildman–Crippen LogP) is 1.58. The standard InChI is InChI=1S/C16H18N4O3/c17-14-12-4-3-10(8-11(12)5-6-18-14)9-19-15(21)13-2-1-7-20(13)16(22)23/h3-6,8,13H,1-2,7,9H2,(H2,17,18)(H,19,21)(H,22,23). The average Bonchev–Trinajstić information content (AvgIpc) is 3.02. The summed E-state index contributed by atoms with van der Waals surface area (Å²) in [6.07, 6.45) is 1.88. The van der Waals surface area contributed by atoms with Gasteiger partial charge in [0, 0.05) is 24.7 Å². The van der Waals surface area contributed by atoms with Crippen molar-refractivity contribution in [1.82, 2.24) is 15.2 Å². The summed E-state index contributed by atoms with van der Waals surface area (Å²) in [7, 11) is 0. The first-order chi connectivity index (χ1) is 11.1. The highest BCUT2D eigenvalue weighted by atomic mass is 16.4. The van der Waals surface area contributed by atoms with Gasteiger partial charge in [-0.2, -0.15) is 0 Å². The van der Waals surface area contributed by atoms with Crippen LogP contribution in [-0.2, 0) is 11.3 Å². The van der Waals surface area contributed by atoms with Crippen molar-refractivity contribution in [1.29, 1.82) is 0 Å². The van der Waals surface area contributed by atoms with Crippen LogP contribution in [0.4, 0.5) is 10.6 Å². The number of nitrogens with one attached hydrogen (secondary N) is 1. The Balaban J connectivity index is 1.68. The molecule has 1 aliphatic heterocycles. The van der Waals surface area contributed by atoms with Gasteiger partial charge in [-0.05, 0) is 35.9 Å². The lowest BCUT2D eigenvalue weighted by molar-refractivity contribution is -0.125. The van der Waals surface area contributed by atoms with E-state index >= 15 is 0 Å². The molecule has 0 saturated carbocycles. The number of fused-ring (bicyclic) bond motifs is 1. The molecule has 3 rings (SSSR count). The topological polar surface area (TPSA) is 109 Å². The van der Waals surface area contributed by atoms with Crippen LogP contribution in [0.3, 0.4) is 0 Å². The summed E-state index contributed by atoms with van der Waals surface area (Å²) in [5.74, 6) is 0.223. The Morgan fingerprint density at radius 2 is 2.22 bits per heavy atom. The first-order valence-electron chi connectivity index (χ1n) is 7.46. The third-order valence-electron chi connectivity index (χ3n) is 4.13. The van der Waals surface area contributed by atoms with Crippen LogP contribution < -0.4 is 11.1 Å². The smallest absolute Gasteiger partial charge is 0.407 e. The van der Waals surface area contributed by atoms with Crippen LogP contribution in [0.2, 0.25) is 0 Å². The number of carbonyl (C=O) groups is 2. The molecule has 0 bridgehead atoms. The van der Waals surface area contributed by atoms with E-state index in [1.165, 1.54) is 4.90 Å². The predicted molar refractivity (Wildman–Crippen MR) is 85.8 cm³/mol. The number of hydrogen-bond acceptors (Lipinski definition) is 4. The number of nitrogens with zero attached hydrogens (tertiary/aromatic N) is 2. The molecule has 0 aliphatic carbocycles. The molecular weight excluding hydrogens is 296 g/mol. The van der Waals surface area contributed by atoms with E-state index in [0.29, 0.717) is 31.7 Å². The van der Waals surface area contributed by atoms with Crippen LogP contribution in [0.1, 0.15) is 18.4 Å². The van der Waals surface area contributed by atoms with E-state index in [1.807, 2.05) is 24.3 Å². The number of hydrogen-bond donors (Lipinski definition) is 3. The Morgan fingerprint density at radius 1 is 1.39 bits per heavy atom. The van der Waals surface area contributed by atoms with Crippen molar-refractivity contribution in [3.05, 3.63) is 36.0 Å². The van der Waals surface area contributed by atoms with Gasteiger partial charge in [0.05, 0.1) is 0 Å². The van der Waals surface area contributed by atoms with Crippen molar-refractivity contribution in [2.75, 3.05) is 12.3 Å². The second kappa shape index (κ2) is 6.12. The van der Waals surface area contributed by atoms with Crippen molar-refractivity contribution < 1.29 is 14.7 Å². The van der Waals surface area contributed by atoms with Gasteiger partial charge < -0.3 is 16.2 Å². The van der Waals surface area contributed by atoms with Gasteiger partial charge in [-0.25, -0.2) is 9.78 Å². The highest BCUT2D eigenvalue weighted by Crippen LogP contribution is 2.20.